The molecule has 0 spiro atoms. The van der Waals surface area contributed by atoms with Crippen LogP contribution in [0.1, 0.15) is 17.3 Å². The molecule has 0 saturated heterocycles. The van der Waals surface area contributed by atoms with Gasteiger partial charge in [-0.05, 0) is 24.3 Å². The van der Waals surface area contributed by atoms with Gasteiger partial charge < -0.3 is 10.6 Å². The minimum absolute atomic E-state index is 0.00190. The van der Waals surface area contributed by atoms with Gasteiger partial charge in [-0.3, -0.25) is 9.59 Å². The number of carbonyl (C=O) groups excluding carboxylic acids is 2. The standard InChI is InChI=1S/C20H15FN6O2S2/c1-12(28)24-15-11-14(7-8-22-15)20-26-17(25-19(29)13-5-3-2-4-6-13)16(30-20)18-23-9-10-27(18)31-21/h2-11H,1H3,(H,25,29)(H,22,24,28). The number of amides is 2. The molecule has 0 aliphatic carbocycles. The summed E-state index contributed by atoms with van der Waals surface area (Å²) in [7, 11) is 0. The predicted octanol–water partition coefficient (Wildman–Crippen LogP) is 4.66. The Kier molecular flexibility index (Phi) is 6.05. The van der Waals surface area contributed by atoms with Gasteiger partial charge in [-0.15, -0.1) is 15.2 Å². The Morgan fingerprint density at radius 2 is 1.90 bits per heavy atom. The number of pyridine rings is 1. The lowest BCUT2D eigenvalue weighted by Gasteiger charge is -2.05. The van der Waals surface area contributed by atoms with E-state index in [2.05, 4.69) is 25.6 Å². The maximum absolute atomic E-state index is 13.4. The van der Waals surface area contributed by atoms with Crippen molar-refractivity contribution >= 4 is 47.1 Å². The fourth-order valence-electron chi connectivity index (χ4n) is 2.77. The Balaban J connectivity index is 1.76. The first-order valence-corrected chi connectivity index (χ1v) is 10.5. The van der Waals surface area contributed by atoms with Gasteiger partial charge in [0.05, 0.1) is 0 Å². The van der Waals surface area contributed by atoms with Crippen LogP contribution in [0.3, 0.4) is 0 Å². The number of hydrogen-bond acceptors (Lipinski definition) is 7. The van der Waals surface area contributed by atoms with Crippen LogP contribution in [0.2, 0.25) is 0 Å². The van der Waals surface area contributed by atoms with Crippen molar-refractivity contribution in [3.8, 4) is 21.3 Å². The molecule has 0 aliphatic rings. The van der Waals surface area contributed by atoms with E-state index in [-0.39, 0.29) is 30.0 Å². The molecule has 1 aromatic carbocycles. The number of nitrogens with zero attached hydrogens (tertiary/aromatic N) is 4. The Morgan fingerprint density at radius 3 is 2.65 bits per heavy atom. The Labute approximate surface area is 185 Å². The van der Waals surface area contributed by atoms with Crippen LogP contribution in [0, 0.1) is 0 Å². The first-order valence-electron chi connectivity index (χ1n) is 8.99. The number of aromatic nitrogens is 4. The number of rotatable bonds is 6. The molecule has 8 nitrogen and oxygen atoms in total. The zero-order valence-electron chi connectivity index (χ0n) is 16.1. The molecule has 0 fully saturated rings. The third kappa shape index (κ3) is 4.62. The number of imidazole rings is 1. The van der Waals surface area contributed by atoms with E-state index in [9.17, 15) is 13.5 Å². The third-order valence-electron chi connectivity index (χ3n) is 4.09. The van der Waals surface area contributed by atoms with E-state index in [0.29, 0.717) is 32.7 Å². The summed E-state index contributed by atoms with van der Waals surface area (Å²) in [5, 5.41) is 5.96. The van der Waals surface area contributed by atoms with E-state index in [1.807, 2.05) is 6.07 Å². The predicted molar refractivity (Wildman–Crippen MR) is 119 cm³/mol. The van der Waals surface area contributed by atoms with Gasteiger partial charge in [0.15, 0.2) is 24.0 Å². The number of anilines is 2. The quantitative estimate of drug-likeness (QED) is 0.439. The summed E-state index contributed by atoms with van der Waals surface area (Å²) in [6.45, 7) is 1.39. The molecule has 0 saturated carbocycles. The normalized spacial score (nSPS) is 10.6. The van der Waals surface area contributed by atoms with Crippen molar-refractivity contribution in [3.63, 3.8) is 0 Å². The van der Waals surface area contributed by atoms with Gasteiger partial charge in [-0.25, -0.2) is 18.9 Å². The van der Waals surface area contributed by atoms with Crippen LogP contribution in [0.5, 0.6) is 0 Å². The smallest absolute Gasteiger partial charge is 0.256 e. The van der Waals surface area contributed by atoms with E-state index in [4.69, 9.17) is 0 Å². The molecule has 11 heteroatoms. The fourth-order valence-corrected chi connectivity index (χ4v) is 4.14. The average Bonchev–Trinajstić information content (AvgIpc) is 3.40. The van der Waals surface area contributed by atoms with E-state index < -0.39 is 0 Å². The lowest BCUT2D eigenvalue weighted by Crippen LogP contribution is -2.12. The molecule has 3 aromatic heterocycles. The Morgan fingerprint density at radius 1 is 1.10 bits per heavy atom. The summed E-state index contributed by atoms with van der Waals surface area (Å²) in [6, 6.07) is 12.1. The van der Waals surface area contributed by atoms with Crippen LogP contribution < -0.4 is 10.6 Å². The van der Waals surface area contributed by atoms with Crippen molar-refractivity contribution < 1.29 is 13.5 Å². The topological polar surface area (TPSA) is 102 Å². The van der Waals surface area contributed by atoms with Crippen molar-refractivity contribution in [1.82, 2.24) is 18.9 Å². The van der Waals surface area contributed by atoms with Gasteiger partial charge in [0, 0.05) is 36.6 Å². The van der Waals surface area contributed by atoms with Crippen molar-refractivity contribution in [2.75, 3.05) is 10.6 Å². The number of thiazole rings is 1. The molecule has 3 heterocycles. The molecular formula is C20H15FN6O2S2. The maximum Gasteiger partial charge on any atom is 0.256 e. The SMILES string of the molecule is CC(=O)Nc1cc(-c2nc(NC(=O)c3ccccc3)c(-c3nccn3SF)s2)ccn1. The molecule has 0 atom stereocenters. The molecule has 0 unspecified atom stereocenters. The average molecular weight is 455 g/mol. The molecule has 4 rings (SSSR count). The highest BCUT2D eigenvalue weighted by atomic mass is 32.2. The highest BCUT2D eigenvalue weighted by Gasteiger charge is 2.21. The van der Waals surface area contributed by atoms with Crippen molar-refractivity contribution in [2.45, 2.75) is 6.92 Å². The summed E-state index contributed by atoms with van der Waals surface area (Å²) in [5.41, 5.74) is 1.14. The lowest BCUT2D eigenvalue weighted by molar-refractivity contribution is -0.114. The number of hydrogen-bond donors (Lipinski definition) is 2. The summed E-state index contributed by atoms with van der Waals surface area (Å²) in [4.78, 5) is 37.4. The molecule has 2 N–H and O–H groups in total. The minimum Gasteiger partial charge on any atom is -0.311 e. The number of benzene rings is 1. The first-order chi connectivity index (χ1) is 15.0. The molecule has 0 aliphatic heterocycles. The monoisotopic (exact) mass is 454 g/mol. The molecule has 2 amide bonds. The first kappa shape index (κ1) is 20.7. The number of carbonyl (C=O) groups is 2. The lowest BCUT2D eigenvalue weighted by atomic mass is 10.2. The van der Waals surface area contributed by atoms with E-state index >= 15 is 0 Å². The van der Waals surface area contributed by atoms with Crippen molar-refractivity contribution in [1.29, 1.82) is 0 Å². The zero-order chi connectivity index (χ0) is 21.8. The van der Waals surface area contributed by atoms with Gasteiger partial charge in [0.1, 0.15) is 15.7 Å². The van der Waals surface area contributed by atoms with Crippen LogP contribution in [0.25, 0.3) is 21.3 Å². The van der Waals surface area contributed by atoms with Gasteiger partial charge in [0.25, 0.3) is 5.91 Å². The van der Waals surface area contributed by atoms with Crippen LogP contribution >= 0.6 is 23.7 Å². The highest BCUT2D eigenvalue weighted by Crippen LogP contribution is 2.39. The fraction of sp³-hybridized carbons (Fsp3) is 0.0500. The molecule has 156 valence electrons. The number of nitrogens with one attached hydrogen (secondary N) is 2. The second-order valence-corrected chi connectivity index (χ2v) is 7.80. The van der Waals surface area contributed by atoms with E-state index in [1.54, 1.807) is 42.6 Å². The van der Waals surface area contributed by atoms with Crippen molar-refractivity contribution in [2.24, 2.45) is 0 Å². The summed E-state index contributed by atoms with van der Waals surface area (Å²) in [6.07, 6.45) is 4.48. The van der Waals surface area contributed by atoms with Gasteiger partial charge in [-0.2, -0.15) is 0 Å². The molecule has 31 heavy (non-hydrogen) atoms. The zero-order valence-corrected chi connectivity index (χ0v) is 17.7. The van der Waals surface area contributed by atoms with Crippen LogP contribution in [-0.2, 0) is 4.79 Å². The Hall–Kier alpha value is -3.57. The van der Waals surface area contributed by atoms with E-state index in [0.717, 1.165) is 0 Å². The molecule has 4 aromatic rings. The second kappa shape index (κ2) is 9.06. The minimum atomic E-state index is -0.349. The van der Waals surface area contributed by atoms with Crippen LogP contribution in [-0.4, -0.2) is 30.7 Å². The second-order valence-electron chi connectivity index (χ2n) is 6.27. The summed E-state index contributed by atoms with van der Waals surface area (Å²) < 4.78 is 14.6. The van der Waals surface area contributed by atoms with Gasteiger partial charge in [0.2, 0.25) is 5.91 Å². The molecule has 0 bridgehead atoms. The molecule has 0 radical (unpaired) electrons. The van der Waals surface area contributed by atoms with Crippen LogP contribution in [0.4, 0.5) is 15.5 Å². The van der Waals surface area contributed by atoms with Crippen LogP contribution in [0.15, 0.2) is 61.1 Å². The Bertz CT molecular complexity index is 1240. The van der Waals surface area contributed by atoms with Gasteiger partial charge >= 0.3 is 0 Å². The largest absolute Gasteiger partial charge is 0.311 e. The van der Waals surface area contributed by atoms with Crippen molar-refractivity contribution in [3.05, 3.63) is 66.6 Å². The molecular weight excluding hydrogens is 439 g/mol. The highest BCUT2D eigenvalue weighted by molar-refractivity contribution is 7.92. The summed E-state index contributed by atoms with van der Waals surface area (Å²) in [5.74, 6) is 0.349. The summed E-state index contributed by atoms with van der Waals surface area (Å²) >= 11 is 1.23. The van der Waals surface area contributed by atoms with Gasteiger partial charge in [-0.1, -0.05) is 18.2 Å². The maximum atomic E-state index is 13.4. The number of halogens is 1. The third-order valence-corrected chi connectivity index (χ3v) is 5.63. The van der Waals surface area contributed by atoms with E-state index in [1.165, 1.54) is 34.6 Å².